The third-order valence-corrected chi connectivity index (χ3v) is 4.05. The smallest absolute Gasteiger partial charge is 0.273 e. The molecule has 0 aromatic carbocycles. The van der Waals surface area contributed by atoms with Crippen LogP contribution in [0.4, 0.5) is 0 Å². The first-order valence-electron chi connectivity index (χ1n) is 7.32. The lowest BCUT2D eigenvalue weighted by atomic mass is 10.2. The highest BCUT2D eigenvalue weighted by Crippen LogP contribution is 2.13. The quantitative estimate of drug-likeness (QED) is 0.607. The maximum Gasteiger partial charge on any atom is 0.273 e. The molecule has 1 heterocycles. The van der Waals surface area contributed by atoms with Gasteiger partial charge in [0.25, 0.3) is 10.0 Å². The molecule has 0 fully saturated rings. The van der Waals surface area contributed by atoms with Gasteiger partial charge in [-0.2, -0.15) is 0 Å². The minimum absolute atomic E-state index is 0.0414. The van der Waals surface area contributed by atoms with Crippen molar-refractivity contribution in [2.75, 3.05) is 26.3 Å². The van der Waals surface area contributed by atoms with Gasteiger partial charge in [0.1, 0.15) is 5.76 Å². The Morgan fingerprint density at radius 1 is 1.33 bits per heavy atom. The zero-order valence-electron chi connectivity index (χ0n) is 13.0. The van der Waals surface area contributed by atoms with Crippen molar-refractivity contribution >= 4 is 10.0 Å². The molecule has 1 aromatic heterocycles. The fourth-order valence-corrected chi connectivity index (χ4v) is 2.70. The maximum absolute atomic E-state index is 12.0. The van der Waals surface area contributed by atoms with Gasteiger partial charge in [-0.15, -0.1) is 0 Å². The number of nitrogens with one attached hydrogen (secondary N) is 2. The van der Waals surface area contributed by atoms with Gasteiger partial charge in [0.05, 0.1) is 6.54 Å². The highest BCUT2D eigenvalue weighted by Gasteiger charge is 2.17. The first-order chi connectivity index (χ1) is 9.95. The molecule has 0 aliphatic carbocycles. The summed E-state index contributed by atoms with van der Waals surface area (Å²) in [4.78, 5) is 0. The van der Waals surface area contributed by atoms with Crippen LogP contribution in [0.25, 0.3) is 0 Å². The lowest BCUT2D eigenvalue weighted by Gasteiger charge is -2.06. The van der Waals surface area contributed by atoms with E-state index < -0.39 is 10.0 Å². The van der Waals surface area contributed by atoms with Gasteiger partial charge in [-0.05, 0) is 37.9 Å². The Labute approximate surface area is 127 Å². The summed E-state index contributed by atoms with van der Waals surface area (Å²) >= 11 is 0. The lowest BCUT2D eigenvalue weighted by Crippen LogP contribution is -2.25. The first kappa shape index (κ1) is 18.2. The van der Waals surface area contributed by atoms with Crippen molar-refractivity contribution < 1.29 is 17.6 Å². The van der Waals surface area contributed by atoms with E-state index >= 15 is 0 Å². The summed E-state index contributed by atoms with van der Waals surface area (Å²) in [5, 5.41) is 3.17. The van der Waals surface area contributed by atoms with Crippen molar-refractivity contribution in [2.24, 2.45) is 5.92 Å². The monoisotopic (exact) mass is 318 g/mol. The summed E-state index contributed by atoms with van der Waals surface area (Å²) in [7, 11) is -3.57. The first-order valence-corrected chi connectivity index (χ1v) is 8.81. The van der Waals surface area contributed by atoms with Crippen LogP contribution in [0.15, 0.2) is 21.6 Å². The minimum atomic E-state index is -3.57. The van der Waals surface area contributed by atoms with Gasteiger partial charge in [0, 0.05) is 19.8 Å². The van der Waals surface area contributed by atoms with Gasteiger partial charge in [-0.25, -0.2) is 13.1 Å². The summed E-state index contributed by atoms with van der Waals surface area (Å²) in [6.45, 7) is 9.02. The van der Waals surface area contributed by atoms with Crippen LogP contribution in [0, 0.1) is 5.92 Å². The van der Waals surface area contributed by atoms with Crippen molar-refractivity contribution in [3.05, 3.63) is 17.9 Å². The van der Waals surface area contributed by atoms with Crippen molar-refractivity contribution in [1.82, 2.24) is 10.0 Å². The van der Waals surface area contributed by atoms with Crippen LogP contribution in [0.1, 0.15) is 33.0 Å². The number of hydrogen-bond donors (Lipinski definition) is 2. The molecule has 0 radical (unpaired) electrons. The molecule has 122 valence electrons. The van der Waals surface area contributed by atoms with Gasteiger partial charge in [-0.1, -0.05) is 13.8 Å². The van der Waals surface area contributed by atoms with Crippen LogP contribution in [0.3, 0.4) is 0 Å². The fraction of sp³-hybridized carbons (Fsp3) is 0.714. The molecule has 0 unspecified atom stereocenters. The van der Waals surface area contributed by atoms with Crippen LogP contribution in [0.2, 0.25) is 0 Å². The van der Waals surface area contributed by atoms with E-state index in [2.05, 4.69) is 23.9 Å². The molecule has 7 heteroatoms. The molecule has 0 bridgehead atoms. The minimum Gasteiger partial charge on any atom is -0.447 e. The van der Waals surface area contributed by atoms with E-state index in [-0.39, 0.29) is 5.09 Å². The van der Waals surface area contributed by atoms with E-state index in [1.807, 2.05) is 6.92 Å². The molecular weight excluding hydrogens is 292 g/mol. The van der Waals surface area contributed by atoms with Crippen LogP contribution >= 0.6 is 0 Å². The zero-order valence-corrected chi connectivity index (χ0v) is 13.8. The van der Waals surface area contributed by atoms with E-state index in [0.29, 0.717) is 44.4 Å². The van der Waals surface area contributed by atoms with Crippen LogP contribution in [-0.2, 0) is 21.3 Å². The molecule has 0 aliphatic heterocycles. The van der Waals surface area contributed by atoms with Crippen LogP contribution < -0.4 is 10.0 Å². The van der Waals surface area contributed by atoms with Gasteiger partial charge in [-0.3, -0.25) is 0 Å². The number of rotatable bonds is 11. The largest absolute Gasteiger partial charge is 0.447 e. The Morgan fingerprint density at radius 2 is 2.10 bits per heavy atom. The summed E-state index contributed by atoms with van der Waals surface area (Å²) in [5.41, 5.74) is 0. The molecule has 0 saturated carbocycles. The molecule has 0 atom stereocenters. The van der Waals surface area contributed by atoms with Crippen molar-refractivity contribution in [2.45, 2.75) is 38.8 Å². The Kier molecular flexibility index (Phi) is 7.95. The third-order valence-electron chi connectivity index (χ3n) is 2.72. The van der Waals surface area contributed by atoms with Crippen LogP contribution in [0.5, 0.6) is 0 Å². The highest BCUT2D eigenvalue weighted by molar-refractivity contribution is 7.89. The van der Waals surface area contributed by atoms with E-state index in [1.54, 1.807) is 6.07 Å². The Hall–Kier alpha value is -0.890. The van der Waals surface area contributed by atoms with Gasteiger partial charge in [0.2, 0.25) is 5.09 Å². The summed E-state index contributed by atoms with van der Waals surface area (Å²) in [5.74, 6) is 1.15. The fourth-order valence-electron chi connectivity index (χ4n) is 1.68. The van der Waals surface area contributed by atoms with Crippen molar-refractivity contribution in [1.29, 1.82) is 0 Å². The van der Waals surface area contributed by atoms with E-state index in [9.17, 15) is 8.42 Å². The van der Waals surface area contributed by atoms with Gasteiger partial charge < -0.3 is 14.5 Å². The third kappa shape index (κ3) is 7.08. The second kappa shape index (κ2) is 9.19. The number of hydrogen-bond acceptors (Lipinski definition) is 5. The van der Waals surface area contributed by atoms with Crippen molar-refractivity contribution in [3.8, 4) is 0 Å². The normalized spacial score (nSPS) is 12.2. The second-order valence-corrected chi connectivity index (χ2v) is 6.89. The Balaban J connectivity index is 2.42. The van der Waals surface area contributed by atoms with Crippen LogP contribution in [-0.4, -0.2) is 34.7 Å². The summed E-state index contributed by atoms with van der Waals surface area (Å²) in [6, 6.07) is 3.17. The van der Waals surface area contributed by atoms with Gasteiger partial charge >= 0.3 is 0 Å². The predicted molar refractivity (Wildman–Crippen MR) is 81.6 cm³/mol. The molecule has 0 aliphatic rings. The van der Waals surface area contributed by atoms with Gasteiger partial charge in [0.15, 0.2) is 0 Å². The lowest BCUT2D eigenvalue weighted by molar-refractivity contribution is 0.146. The number of sulfonamides is 1. The molecule has 0 saturated heterocycles. The molecular formula is C14H26N2O4S. The Morgan fingerprint density at radius 3 is 2.76 bits per heavy atom. The predicted octanol–water partition coefficient (Wildman–Crippen LogP) is 1.73. The average Bonchev–Trinajstić information content (AvgIpc) is 2.87. The molecule has 2 N–H and O–H groups in total. The number of ether oxygens (including phenoxy) is 1. The van der Waals surface area contributed by atoms with E-state index in [4.69, 9.17) is 9.15 Å². The SMILES string of the molecule is CCOCCCNS(=O)(=O)c1ccc(CNCC(C)C)o1. The summed E-state index contributed by atoms with van der Waals surface area (Å²) < 4.78 is 37.0. The summed E-state index contributed by atoms with van der Waals surface area (Å²) in [6.07, 6.45) is 0.635. The number of furan rings is 1. The Bertz CT molecular complexity index is 497. The maximum atomic E-state index is 12.0. The molecule has 0 amide bonds. The molecule has 21 heavy (non-hydrogen) atoms. The molecule has 6 nitrogen and oxygen atoms in total. The standard InChI is InChI=1S/C14H26N2O4S/c1-4-19-9-5-8-16-21(17,18)14-7-6-13(20-14)11-15-10-12(2)3/h6-7,12,15-16H,4-5,8-11H2,1-3H3. The molecule has 1 rings (SSSR count). The average molecular weight is 318 g/mol. The molecule has 0 spiro atoms. The molecule has 1 aromatic rings. The zero-order chi connectivity index (χ0) is 15.7. The van der Waals surface area contributed by atoms with E-state index in [1.165, 1.54) is 6.07 Å². The topological polar surface area (TPSA) is 80.6 Å². The second-order valence-electron chi connectivity index (χ2n) is 5.19. The highest BCUT2D eigenvalue weighted by atomic mass is 32.2. The van der Waals surface area contributed by atoms with E-state index in [0.717, 1.165) is 6.54 Å². The van der Waals surface area contributed by atoms with Crippen molar-refractivity contribution in [3.63, 3.8) is 0 Å².